The first-order chi connectivity index (χ1) is 10.5. The molecule has 0 saturated carbocycles. The van der Waals surface area contributed by atoms with Gasteiger partial charge in [0.1, 0.15) is 0 Å². The molecule has 2 aromatic rings. The van der Waals surface area contributed by atoms with E-state index in [1.54, 1.807) is 20.3 Å². The zero-order chi connectivity index (χ0) is 16.1. The summed E-state index contributed by atoms with van der Waals surface area (Å²) in [7, 11) is 3.16. The van der Waals surface area contributed by atoms with Gasteiger partial charge in [-0.2, -0.15) is 0 Å². The average molecular weight is 299 g/mol. The molecule has 0 atom stereocenters. The summed E-state index contributed by atoms with van der Waals surface area (Å²) in [6.07, 6.45) is 0.341. The number of aryl methyl sites for hydroxylation is 2. The lowest BCUT2D eigenvalue weighted by molar-refractivity contribution is -0.115. The van der Waals surface area contributed by atoms with Crippen LogP contribution >= 0.6 is 0 Å². The Balaban J connectivity index is 2.12. The van der Waals surface area contributed by atoms with Gasteiger partial charge in [-0.3, -0.25) is 4.79 Å². The molecule has 1 amide bonds. The highest BCUT2D eigenvalue weighted by atomic mass is 16.5. The molecule has 0 aliphatic heterocycles. The minimum atomic E-state index is -0.0563. The van der Waals surface area contributed by atoms with E-state index in [-0.39, 0.29) is 5.91 Å². The lowest BCUT2D eigenvalue weighted by Crippen LogP contribution is -2.15. The molecule has 116 valence electrons. The van der Waals surface area contributed by atoms with Crippen LogP contribution in [-0.2, 0) is 11.2 Å². The molecule has 0 aliphatic rings. The third kappa shape index (κ3) is 3.79. The number of benzene rings is 2. The molecule has 4 nitrogen and oxygen atoms in total. The number of amides is 1. The zero-order valence-corrected chi connectivity index (χ0v) is 13.4. The predicted octanol–water partition coefficient (Wildman–Crippen LogP) is 3.50. The van der Waals surface area contributed by atoms with Crippen molar-refractivity contribution in [2.75, 3.05) is 19.5 Å². The largest absolute Gasteiger partial charge is 0.493 e. The maximum atomic E-state index is 12.2. The Bertz CT molecular complexity index is 663. The van der Waals surface area contributed by atoms with Crippen LogP contribution in [0, 0.1) is 13.8 Å². The van der Waals surface area contributed by atoms with Crippen molar-refractivity contribution >= 4 is 11.6 Å². The van der Waals surface area contributed by atoms with Crippen LogP contribution in [0.5, 0.6) is 11.5 Å². The number of carbonyl (C=O) groups is 1. The molecule has 0 saturated heterocycles. The lowest BCUT2D eigenvalue weighted by atomic mass is 10.1. The van der Waals surface area contributed by atoms with Gasteiger partial charge in [0.2, 0.25) is 5.91 Å². The smallest absolute Gasteiger partial charge is 0.228 e. The van der Waals surface area contributed by atoms with Crippen LogP contribution in [0.25, 0.3) is 0 Å². The van der Waals surface area contributed by atoms with Gasteiger partial charge >= 0.3 is 0 Å². The topological polar surface area (TPSA) is 47.6 Å². The first-order valence-electron chi connectivity index (χ1n) is 7.11. The Hall–Kier alpha value is -2.49. The number of hydrogen-bond acceptors (Lipinski definition) is 3. The van der Waals surface area contributed by atoms with Gasteiger partial charge in [0, 0.05) is 11.8 Å². The Kier molecular flexibility index (Phi) is 5.04. The minimum absolute atomic E-state index is 0.0563. The molecule has 0 heterocycles. The van der Waals surface area contributed by atoms with Crippen molar-refractivity contribution in [3.8, 4) is 11.5 Å². The van der Waals surface area contributed by atoms with Gasteiger partial charge in [-0.15, -0.1) is 0 Å². The summed E-state index contributed by atoms with van der Waals surface area (Å²) in [5.41, 5.74) is 3.82. The van der Waals surface area contributed by atoms with E-state index >= 15 is 0 Å². The SMILES string of the molecule is COc1cc(C)c(NC(=O)Cc2ccc(C)cc2)cc1OC. The highest BCUT2D eigenvalue weighted by Gasteiger charge is 2.11. The first-order valence-corrected chi connectivity index (χ1v) is 7.11. The van der Waals surface area contributed by atoms with Crippen molar-refractivity contribution in [2.45, 2.75) is 20.3 Å². The molecule has 0 radical (unpaired) electrons. The van der Waals surface area contributed by atoms with E-state index in [0.717, 1.165) is 16.8 Å². The van der Waals surface area contributed by atoms with E-state index in [4.69, 9.17) is 9.47 Å². The summed E-state index contributed by atoms with van der Waals surface area (Å²) >= 11 is 0. The Labute approximate surface area is 131 Å². The molecule has 0 aliphatic carbocycles. The summed E-state index contributed by atoms with van der Waals surface area (Å²) in [5.74, 6) is 1.19. The fourth-order valence-corrected chi connectivity index (χ4v) is 2.20. The summed E-state index contributed by atoms with van der Waals surface area (Å²) in [6.45, 7) is 3.94. The minimum Gasteiger partial charge on any atom is -0.493 e. The van der Waals surface area contributed by atoms with Crippen molar-refractivity contribution in [1.82, 2.24) is 0 Å². The van der Waals surface area contributed by atoms with Gasteiger partial charge in [-0.05, 0) is 31.0 Å². The quantitative estimate of drug-likeness (QED) is 0.919. The fraction of sp³-hybridized carbons (Fsp3) is 0.278. The first kappa shape index (κ1) is 15.9. The van der Waals surface area contributed by atoms with Crippen molar-refractivity contribution in [2.24, 2.45) is 0 Å². The Morgan fingerprint density at radius 1 is 1.00 bits per heavy atom. The van der Waals surface area contributed by atoms with Crippen molar-refractivity contribution in [3.63, 3.8) is 0 Å². The van der Waals surface area contributed by atoms with Crippen LogP contribution < -0.4 is 14.8 Å². The fourth-order valence-electron chi connectivity index (χ4n) is 2.20. The second-order valence-corrected chi connectivity index (χ2v) is 5.23. The summed E-state index contributed by atoms with van der Waals surface area (Å²) in [4.78, 5) is 12.2. The number of hydrogen-bond donors (Lipinski definition) is 1. The number of methoxy groups -OCH3 is 2. The molecule has 4 heteroatoms. The van der Waals surface area contributed by atoms with E-state index in [1.807, 2.05) is 44.2 Å². The second kappa shape index (κ2) is 6.98. The van der Waals surface area contributed by atoms with Gasteiger partial charge < -0.3 is 14.8 Å². The third-order valence-corrected chi connectivity index (χ3v) is 3.49. The molecule has 0 spiro atoms. The number of ether oxygens (including phenoxy) is 2. The molecule has 0 bridgehead atoms. The van der Waals surface area contributed by atoms with E-state index in [9.17, 15) is 4.79 Å². The highest BCUT2D eigenvalue weighted by Crippen LogP contribution is 2.32. The number of anilines is 1. The normalized spacial score (nSPS) is 10.2. The number of rotatable bonds is 5. The van der Waals surface area contributed by atoms with Gasteiger partial charge in [0.25, 0.3) is 0 Å². The van der Waals surface area contributed by atoms with Crippen molar-refractivity contribution < 1.29 is 14.3 Å². The number of nitrogens with one attached hydrogen (secondary N) is 1. The van der Waals surface area contributed by atoms with Crippen molar-refractivity contribution in [3.05, 3.63) is 53.1 Å². The summed E-state index contributed by atoms with van der Waals surface area (Å²) in [5, 5.41) is 2.92. The van der Waals surface area contributed by atoms with Gasteiger partial charge in [-0.1, -0.05) is 29.8 Å². The van der Waals surface area contributed by atoms with Crippen LogP contribution in [0.15, 0.2) is 36.4 Å². The molecule has 0 unspecified atom stereocenters. The Morgan fingerprint density at radius 3 is 2.18 bits per heavy atom. The van der Waals surface area contributed by atoms with Crippen LogP contribution in [0.1, 0.15) is 16.7 Å². The predicted molar refractivity (Wildman–Crippen MR) is 87.8 cm³/mol. The van der Waals surface area contributed by atoms with Gasteiger partial charge in [-0.25, -0.2) is 0 Å². The van der Waals surface area contributed by atoms with Crippen LogP contribution in [0.2, 0.25) is 0 Å². The van der Waals surface area contributed by atoms with Crippen molar-refractivity contribution in [1.29, 1.82) is 0 Å². The summed E-state index contributed by atoms with van der Waals surface area (Å²) < 4.78 is 10.5. The average Bonchev–Trinajstić information content (AvgIpc) is 2.51. The lowest BCUT2D eigenvalue weighted by Gasteiger charge is -2.13. The monoisotopic (exact) mass is 299 g/mol. The molecular formula is C18H21NO3. The van der Waals surface area contributed by atoms with Gasteiger partial charge in [0.15, 0.2) is 11.5 Å². The van der Waals surface area contributed by atoms with E-state index in [2.05, 4.69) is 5.32 Å². The molecule has 1 N–H and O–H groups in total. The molecule has 22 heavy (non-hydrogen) atoms. The van der Waals surface area contributed by atoms with E-state index in [0.29, 0.717) is 17.9 Å². The zero-order valence-electron chi connectivity index (χ0n) is 13.4. The Morgan fingerprint density at radius 2 is 1.59 bits per heavy atom. The molecule has 2 aromatic carbocycles. The maximum absolute atomic E-state index is 12.2. The van der Waals surface area contributed by atoms with Crippen LogP contribution in [0.3, 0.4) is 0 Å². The van der Waals surface area contributed by atoms with E-state index in [1.165, 1.54) is 5.56 Å². The molecule has 0 fully saturated rings. The third-order valence-electron chi connectivity index (χ3n) is 3.49. The maximum Gasteiger partial charge on any atom is 0.228 e. The van der Waals surface area contributed by atoms with E-state index < -0.39 is 0 Å². The molecule has 2 rings (SSSR count). The van der Waals surface area contributed by atoms with Crippen LogP contribution in [-0.4, -0.2) is 20.1 Å². The number of carbonyl (C=O) groups excluding carboxylic acids is 1. The second-order valence-electron chi connectivity index (χ2n) is 5.23. The van der Waals surface area contributed by atoms with Gasteiger partial charge in [0.05, 0.1) is 20.6 Å². The standard InChI is InChI=1S/C18H21NO3/c1-12-5-7-14(8-6-12)10-18(20)19-15-11-17(22-4)16(21-3)9-13(15)2/h5-9,11H,10H2,1-4H3,(H,19,20). The van der Waals surface area contributed by atoms with Crippen LogP contribution in [0.4, 0.5) is 5.69 Å². The molecular weight excluding hydrogens is 278 g/mol. The summed E-state index contributed by atoms with van der Waals surface area (Å²) in [6, 6.07) is 11.6. The molecule has 0 aromatic heterocycles. The highest BCUT2D eigenvalue weighted by molar-refractivity contribution is 5.93.